The summed E-state index contributed by atoms with van der Waals surface area (Å²) < 4.78 is 6.47. The number of rotatable bonds is 12. The number of anilines is 1. The van der Waals surface area contributed by atoms with E-state index in [0.29, 0.717) is 22.3 Å². The molecule has 3 aliphatic heterocycles. The Balaban J connectivity index is 1.39. The molecular weight excluding hydrogens is 563 g/mol. The summed E-state index contributed by atoms with van der Waals surface area (Å²) in [6.07, 6.45) is 11.2. The van der Waals surface area contributed by atoms with Gasteiger partial charge in [0.1, 0.15) is 11.6 Å². The van der Waals surface area contributed by atoms with Gasteiger partial charge >= 0.3 is 0 Å². The van der Waals surface area contributed by atoms with E-state index in [-0.39, 0.29) is 23.8 Å². The molecule has 2 N–H and O–H groups in total. The molecule has 5 atom stereocenters. The lowest BCUT2D eigenvalue weighted by molar-refractivity contribution is -0.141. The second-order valence-electron chi connectivity index (χ2n) is 11.9. The number of nitrogens with zero attached hydrogens (tertiary/aromatic N) is 2. The SMILES string of the molecule is CCCN(CCC)CCCN1C(=O)[C@H]2[C@H](C(=O)Nc3cc(Cl)cc(Cl)c3)[C@H]3C=C[C@@]2(O3)[C@@H]1C(=O)NC1CCCCC1. The normalized spacial score (nSPS) is 28.9. The molecule has 5 rings (SSSR count). The predicted molar refractivity (Wildman–Crippen MR) is 161 cm³/mol. The number of fused-ring (bicyclic) bond motifs is 1. The van der Waals surface area contributed by atoms with Gasteiger partial charge in [-0.15, -0.1) is 0 Å². The van der Waals surface area contributed by atoms with Crippen molar-refractivity contribution in [2.45, 2.75) is 89.0 Å². The van der Waals surface area contributed by atoms with Gasteiger partial charge in [-0.25, -0.2) is 0 Å². The van der Waals surface area contributed by atoms with Crippen molar-refractivity contribution in [3.8, 4) is 0 Å². The monoisotopic (exact) mass is 604 g/mol. The first-order chi connectivity index (χ1) is 19.8. The maximum atomic E-state index is 14.2. The standard InChI is InChI=1S/C31H42Cl2N4O4/c1-3-13-36(14-4-2)15-8-16-37-27(29(39)34-22-9-6-5-7-10-22)31-12-11-24(41-31)25(26(31)30(37)40)28(38)35-23-18-20(32)17-21(33)19-23/h11-12,17-19,22,24-27H,3-10,13-16H2,1-2H3,(H,34,39)(H,35,38)/t24-,25-,26-,27+,31+/m1/s1. The predicted octanol–water partition coefficient (Wildman–Crippen LogP) is 5.04. The molecule has 10 heteroatoms. The van der Waals surface area contributed by atoms with Crippen LogP contribution in [-0.4, -0.2) is 77.5 Å². The van der Waals surface area contributed by atoms with Gasteiger partial charge in [0.25, 0.3) is 0 Å². The van der Waals surface area contributed by atoms with Gasteiger partial charge in [0, 0.05) is 28.3 Å². The van der Waals surface area contributed by atoms with Crippen molar-refractivity contribution in [2.75, 3.05) is 31.5 Å². The van der Waals surface area contributed by atoms with E-state index >= 15 is 0 Å². The van der Waals surface area contributed by atoms with Crippen LogP contribution in [0.4, 0.5) is 5.69 Å². The lowest BCUT2D eigenvalue weighted by Crippen LogP contribution is -2.56. The second kappa shape index (κ2) is 13.0. The van der Waals surface area contributed by atoms with E-state index in [1.807, 2.05) is 12.2 Å². The van der Waals surface area contributed by atoms with Crippen LogP contribution in [0.1, 0.15) is 65.2 Å². The molecule has 1 aromatic rings. The minimum atomic E-state index is -1.17. The molecule has 0 unspecified atom stereocenters. The largest absolute Gasteiger partial charge is 0.359 e. The maximum Gasteiger partial charge on any atom is 0.246 e. The number of carbonyl (C=O) groups excluding carboxylic acids is 3. The Morgan fingerprint density at radius 2 is 1.71 bits per heavy atom. The Morgan fingerprint density at radius 1 is 1.02 bits per heavy atom. The fourth-order valence-electron chi connectivity index (χ4n) is 7.32. The number of hydrogen-bond acceptors (Lipinski definition) is 5. The van der Waals surface area contributed by atoms with Crippen molar-refractivity contribution in [3.63, 3.8) is 0 Å². The highest BCUT2D eigenvalue weighted by atomic mass is 35.5. The van der Waals surface area contributed by atoms with E-state index in [0.717, 1.165) is 64.6 Å². The molecule has 3 heterocycles. The maximum absolute atomic E-state index is 14.2. The molecule has 3 amide bonds. The number of amides is 3. The van der Waals surface area contributed by atoms with Crippen LogP contribution in [0.25, 0.3) is 0 Å². The van der Waals surface area contributed by atoms with E-state index in [1.54, 1.807) is 23.1 Å². The van der Waals surface area contributed by atoms with E-state index in [9.17, 15) is 14.4 Å². The van der Waals surface area contributed by atoms with Gasteiger partial charge < -0.3 is 25.2 Å². The second-order valence-corrected chi connectivity index (χ2v) is 12.8. The molecule has 224 valence electrons. The molecule has 3 fully saturated rings. The van der Waals surface area contributed by atoms with Crippen LogP contribution < -0.4 is 10.6 Å². The van der Waals surface area contributed by atoms with Gasteiger partial charge in [0.2, 0.25) is 17.7 Å². The van der Waals surface area contributed by atoms with Crippen LogP contribution in [0.2, 0.25) is 10.0 Å². The lowest BCUT2D eigenvalue weighted by Gasteiger charge is -2.34. The zero-order chi connectivity index (χ0) is 29.1. The summed E-state index contributed by atoms with van der Waals surface area (Å²) >= 11 is 12.3. The lowest BCUT2D eigenvalue weighted by atomic mass is 9.74. The highest BCUT2D eigenvalue weighted by Gasteiger charge is 2.72. The molecule has 0 radical (unpaired) electrons. The third-order valence-electron chi connectivity index (χ3n) is 8.96. The summed E-state index contributed by atoms with van der Waals surface area (Å²) in [6.45, 7) is 7.62. The molecule has 41 heavy (non-hydrogen) atoms. The Morgan fingerprint density at radius 3 is 2.37 bits per heavy atom. The number of halogens is 2. The average Bonchev–Trinajstić information content (AvgIpc) is 3.56. The minimum absolute atomic E-state index is 0.0995. The molecule has 1 aliphatic carbocycles. The fraction of sp³-hybridized carbons (Fsp3) is 0.645. The van der Waals surface area contributed by atoms with Crippen LogP contribution in [0.5, 0.6) is 0 Å². The summed E-state index contributed by atoms with van der Waals surface area (Å²) in [7, 11) is 0. The molecule has 2 saturated heterocycles. The molecule has 1 aromatic carbocycles. The molecule has 0 aromatic heterocycles. The molecule has 4 aliphatic rings. The molecule has 1 saturated carbocycles. The van der Waals surface area contributed by atoms with E-state index in [4.69, 9.17) is 27.9 Å². The van der Waals surface area contributed by atoms with E-state index in [2.05, 4.69) is 29.4 Å². The number of nitrogens with one attached hydrogen (secondary N) is 2. The molecule has 2 bridgehead atoms. The summed E-state index contributed by atoms with van der Waals surface area (Å²) in [4.78, 5) is 45.9. The van der Waals surface area contributed by atoms with Gasteiger partial charge in [-0.1, -0.05) is 68.5 Å². The van der Waals surface area contributed by atoms with Crippen LogP contribution in [-0.2, 0) is 19.1 Å². The first kappa shape index (κ1) is 30.3. The van der Waals surface area contributed by atoms with Crippen LogP contribution >= 0.6 is 23.2 Å². The first-order valence-electron chi connectivity index (χ1n) is 15.2. The Labute approximate surface area is 253 Å². The minimum Gasteiger partial charge on any atom is -0.359 e. The van der Waals surface area contributed by atoms with Gasteiger partial charge in [0.05, 0.1) is 17.9 Å². The zero-order valence-electron chi connectivity index (χ0n) is 24.0. The summed E-state index contributed by atoms with van der Waals surface area (Å²) in [5, 5.41) is 6.94. The quantitative estimate of drug-likeness (QED) is 0.326. The van der Waals surface area contributed by atoms with Crippen molar-refractivity contribution in [2.24, 2.45) is 11.8 Å². The third-order valence-corrected chi connectivity index (χ3v) is 9.40. The smallest absolute Gasteiger partial charge is 0.246 e. The Hall–Kier alpha value is -2.13. The highest BCUT2D eigenvalue weighted by Crippen LogP contribution is 2.55. The van der Waals surface area contributed by atoms with Gasteiger partial charge in [-0.05, 0) is 69.9 Å². The van der Waals surface area contributed by atoms with Gasteiger partial charge in [-0.3, -0.25) is 14.4 Å². The molecule has 1 spiro atoms. The average molecular weight is 606 g/mol. The van der Waals surface area contributed by atoms with E-state index < -0.39 is 29.6 Å². The summed E-state index contributed by atoms with van der Waals surface area (Å²) in [5.41, 5.74) is -0.713. The van der Waals surface area contributed by atoms with Crippen LogP contribution in [0, 0.1) is 11.8 Å². The Bertz CT molecular complexity index is 1150. The topological polar surface area (TPSA) is 91.0 Å². The van der Waals surface area contributed by atoms with Crippen molar-refractivity contribution in [1.82, 2.24) is 15.1 Å². The Kier molecular flexibility index (Phi) is 9.64. The summed E-state index contributed by atoms with van der Waals surface area (Å²) in [5.74, 6) is -2.26. The van der Waals surface area contributed by atoms with Gasteiger partial charge in [-0.2, -0.15) is 0 Å². The highest BCUT2D eigenvalue weighted by molar-refractivity contribution is 6.35. The third kappa shape index (κ3) is 6.17. The number of benzene rings is 1. The number of ether oxygens (including phenoxy) is 1. The molecule has 8 nitrogen and oxygen atoms in total. The van der Waals surface area contributed by atoms with Gasteiger partial charge in [0.15, 0.2) is 0 Å². The molecular formula is C31H42Cl2N4O4. The number of carbonyl (C=O) groups is 3. The van der Waals surface area contributed by atoms with Crippen molar-refractivity contribution >= 4 is 46.6 Å². The van der Waals surface area contributed by atoms with Crippen molar-refractivity contribution < 1.29 is 19.1 Å². The van der Waals surface area contributed by atoms with E-state index in [1.165, 1.54) is 6.42 Å². The zero-order valence-corrected chi connectivity index (χ0v) is 25.6. The van der Waals surface area contributed by atoms with Crippen molar-refractivity contribution in [1.29, 1.82) is 0 Å². The number of likely N-dealkylation sites (tertiary alicyclic amines) is 1. The van der Waals surface area contributed by atoms with Crippen LogP contribution in [0.15, 0.2) is 30.4 Å². The summed E-state index contributed by atoms with van der Waals surface area (Å²) in [6, 6.07) is 4.11. The van der Waals surface area contributed by atoms with Crippen molar-refractivity contribution in [3.05, 3.63) is 40.4 Å². The van der Waals surface area contributed by atoms with Crippen LogP contribution in [0.3, 0.4) is 0 Å². The fourth-order valence-corrected chi connectivity index (χ4v) is 7.85. The number of hydrogen-bond donors (Lipinski definition) is 2. The first-order valence-corrected chi connectivity index (χ1v) is 16.0.